The smallest absolute Gasteiger partial charge is 0.294 e. The van der Waals surface area contributed by atoms with Crippen LogP contribution in [-0.2, 0) is 26.7 Å². The predicted molar refractivity (Wildman–Crippen MR) is 81.4 cm³/mol. The van der Waals surface area contributed by atoms with Gasteiger partial charge in [-0.1, -0.05) is 12.1 Å². The first-order valence-corrected chi connectivity index (χ1v) is 9.08. The molecule has 0 spiro atoms. The molecule has 2 aromatic carbocycles. The average Bonchev–Trinajstić information content (AvgIpc) is 2.44. The summed E-state index contributed by atoms with van der Waals surface area (Å²) in [7, 11) is -7.97. The van der Waals surface area contributed by atoms with E-state index in [1.54, 1.807) is 18.2 Å². The Morgan fingerprint density at radius 3 is 2.14 bits per heavy atom. The molecule has 0 saturated heterocycles. The van der Waals surface area contributed by atoms with Crippen LogP contribution >= 0.6 is 0 Å². The van der Waals surface area contributed by atoms with Crippen LogP contribution in [0.15, 0.2) is 58.3 Å². The van der Waals surface area contributed by atoms with E-state index in [1.165, 1.54) is 30.3 Å². The Morgan fingerprint density at radius 1 is 0.955 bits per heavy atom. The number of anilines is 1. The molecule has 0 heterocycles. The summed E-state index contributed by atoms with van der Waals surface area (Å²) < 4.78 is 53.4. The third kappa shape index (κ3) is 4.28. The molecule has 2 rings (SSSR count). The van der Waals surface area contributed by atoms with Crippen molar-refractivity contribution in [3.8, 4) is 0 Å². The molecule has 0 aliphatic heterocycles. The van der Waals surface area contributed by atoms with Crippen LogP contribution in [0.5, 0.6) is 0 Å². The lowest BCUT2D eigenvalue weighted by Crippen LogP contribution is -2.12. The van der Waals surface area contributed by atoms with E-state index >= 15 is 0 Å². The molecule has 0 aliphatic carbocycles. The maximum absolute atomic E-state index is 11.1. The van der Waals surface area contributed by atoms with Crippen molar-refractivity contribution < 1.29 is 21.4 Å². The Morgan fingerprint density at radius 2 is 1.59 bits per heavy atom. The highest BCUT2D eigenvalue weighted by atomic mass is 32.2. The lowest BCUT2D eigenvalue weighted by molar-refractivity contribution is 0.483. The molecule has 0 saturated carbocycles. The summed E-state index contributed by atoms with van der Waals surface area (Å²) in [5, 5.41) is 8.01. The van der Waals surface area contributed by atoms with Gasteiger partial charge < -0.3 is 5.32 Å². The zero-order valence-corrected chi connectivity index (χ0v) is 12.9. The second-order valence-corrected chi connectivity index (χ2v) is 7.53. The first kappa shape index (κ1) is 16.4. The minimum Gasteiger partial charge on any atom is -0.381 e. The van der Waals surface area contributed by atoms with Gasteiger partial charge in [-0.25, -0.2) is 13.6 Å². The van der Waals surface area contributed by atoms with Crippen molar-refractivity contribution in [1.29, 1.82) is 0 Å². The van der Waals surface area contributed by atoms with E-state index in [2.05, 4.69) is 5.32 Å². The fourth-order valence-electron chi connectivity index (χ4n) is 1.78. The molecule has 0 amide bonds. The van der Waals surface area contributed by atoms with Gasteiger partial charge in [-0.3, -0.25) is 4.55 Å². The van der Waals surface area contributed by atoms with E-state index in [4.69, 9.17) is 9.69 Å². The number of benzene rings is 2. The molecule has 2 aromatic rings. The minimum absolute atomic E-state index is 0.00595. The van der Waals surface area contributed by atoms with Gasteiger partial charge in [0.25, 0.3) is 10.1 Å². The topological polar surface area (TPSA) is 127 Å². The molecule has 9 heteroatoms. The van der Waals surface area contributed by atoms with E-state index in [-0.39, 0.29) is 9.79 Å². The van der Waals surface area contributed by atoms with Gasteiger partial charge in [0.1, 0.15) is 0 Å². The third-order valence-electron chi connectivity index (χ3n) is 2.88. The SMILES string of the molecule is NS(=O)(=O)c1ccc(NCc2cccc(S(=O)(=O)O)c2)cc1. The summed E-state index contributed by atoms with van der Waals surface area (Å²) in [5.41, 5.74) is 1.29. The Bertz CT molecular complexity index is 875. The number of rotatable bonds is 5. The lowest BCUT2D eigenvalue weighted by atomic mass is 10.2. The van der Waals surface area contributed by atoms with Gasteiger partial charge in [0.05, 0.1) is 9.79 Å². The van der Waals surface area contributed by atoms with Gasteiger partial charge in [-0.15, -0.1) is 0 Å². The minimum atomic E-state index is -4.24. The molecule has 118 valence electrons. The Hall–Kier alpha value is -1.94. The van der Waals surface area contributed by atoms with Crippen LogP contribution in [0.4, 0.5) is 5.69 Å². The molecule has 0 aromatic heterocycles. The highest BCUT2D eigenvalue weighted by Gasteiger charge is 2.10. The molecule has 0 fully saturated rings. The van der Waals surface area contributed by atoms with E-state index in [1.807, 2.05) is 0 Å². The van der Waals surface area contributed by atoms with Crippen LogP contribution < -0.4 is 10.5 Å². The van der Waals surface area contributed by atoms with Gasteiger partial charge >= 0.3 is 0 Å². The molecular weight excluding hydrogens is 328 g/mol. The van der Waals surface area contributed by atoms with E-state index < -0.39 is 20.1 Å². The number of sulfonamides is 1. The van der Waals surface area contributed by atoms with Crippen LogP contribution in [0.2, 0.25) is 0 Å². The number of hydrogen-bond acceptors (Lipinski definition) is 5. The fraction of sp³-hybridized carbons (Fsp3) is 0.0769. The normalized spacial score (nSPS) is 12.1. The molecule has 0 aliphatic rings. The number of primary sulfonamides is 1. The molecule has 7 nitrogen and oxygen atoms in total. The van der Waals surface area contributed by atoms with Crippen LogP contribution in [-0.4, -0.2) is 21.4 Å². The van der Waals surface area contributed by atoms with Crippen molar-refractivity contribution in [1.82, 2.24) is 0 Å². The first-order valence-electron chi connectivity index (χ1n) is 6.09. The first-order chi connectivity index (χ1) is 10.2. The molecule has 0 unspecified atom stereocenters. The quantitative estimate of drug-likeness (QED) is 0.701. The summed E-state index contributed by atoms with van der Waals surface area (Å²) in [4.78, 5) is -0.178. The Kier molecular flexibility index (Phi) is 4.52. The maximum Gasteiger partial charge on any atom is 0.294 e. The van der Waals surface area contributed by atoms with E-state index in [9.17, 15) is 16.8 Å². The highest BCUT2D eigenvalue weighted by molar-refractivity contribution is 7.89. The predicted octanol–water partition coefficient (Wildman–Crippen LogP) is 1.19. The molecule has 0 bridgehead atoms. The van der Waals surface area contributed by atoms with Gasteiger partial charge in [0.2, 0.25) is 10.0 Å². The monoisotopic (exact) mass is 342 g/mol. The van der Waals surface area contributed by atoms with Crippen molar-refractivity contribution in [3.05, 3.63) is 54.1 Å². The highest BCUT2D eigenvalue weighted by Crippen LogP contribution is 2.15. The molecule has 4 N–H and O–H groups in total. The van der Waals surface area contributed by atoms with E-state index in [0.717, 1.165) is 0 Å². The summed E-state index contributed by atoms with van der Waals surface area (Å²) >= 11 is 0. The van der Waals surface area contributed by atoms with Crippen LogP contribution in [0, 0.1) is 0 Å². The van der Waals surface area contributed by atoms with Crippen molar-refractivity contribution in [3.63, 3.8) is 0 Å². The third-order valence-corrected chi connectivity index (χ3v) is 4.65. The van der Waals surface area contributed by atoms with Gasteiger partial charge in [-0.2, -0.15) is 8.42 Å². The number of nitrogens with one attached hydrogen (secondary N) is 1. The summed E-state index contributed by atoms with van der Waals surface area (Å²) in [5.74, 6) is 0. The summed E-state index contributed by atoms with van der Waals surface area (Å²) in [6.45, 7) is 0.304. The molecule has 0 radical (unpaired) electrons. The van der Waals surface area contributed by atoms with Crippen LogP contribution in [0.1, 0.15) is 5.56 Å². The molecule has 22 heavy (non-hydrogen) atoms. The van der Waals surface area contributed by atoms with Crippen LogP contribution in [0.3, 0.4) is 0 Å². The molecule has 0 atom stereocenters. The fourth-order valence-corrected chi connectivity index (χ4v) is 2.85. The maximum atomic E-state index is 11.1. The van der Waals surface area contributed by atoms with Crippen molar-refractivity contribution in [2.75, 3.05) is 5.32 Å². The van der Waals surface area contributed by atoms with Gasteiger partial charge in [0.15, 0.2) is 0 Å². The lowest BCUT2D eigenvalue weighted by Gasteiger charge is -2.08. The van der Waals surface area contributed by atoms with Crippen molar-refractivity contribution in [2.45, 2.75) is 16.3 Å². The zero-order chi connectivity index (χ0) is 16.4. The number of hydrogen-bond donors (Lipinski definition) is 3. The second kappa shape index (κ2) is 6.05. The van der Waals surface area contributed by atoms with Crippen LogP contribution in [0.25, 0.3) is 0 Å². The zero-order valence-electron chi connectivity index (χ0n) is 11.3. The standard InChI is InChI=1S/C13H14N2O5S2/c14-21(16,17)12-6-4-11(5-7-12)15-9-10-2-1-3-13(8-10)22(18,19)20/h1-8,15H,9H2,(H2,14,16,17)(H,18,19,20). The van der Waals surface area contributed by atoms with Crippen molar-refractivity contribution >= 4 is 25.8 Å². The second-order valence-electron chi connectivity index (χ2n) is 4.55. The average molecular weight is 342 g/mol. The van der Waals surface area contributed by atoms with Crippen molar-refractivity contribution in [2.24, 2.45) is 5.14 Å². The largest absolute Gasteiger partial charge is 0.381 e. The number of nitrogens with two attached hydrogens (primary N) is 1. The Balaban J connectivity index is 2.11. The summed E-state index contributed by atoms with van der Waals surface area (Å²) in [6.07, 6.45) is 0. The van der Waals surface area contributed by atoms with Gasteiger partial charge in [-0.05, 0) is 42.0 Å². The van der Waals surface area contributed by atoms with E-state index in [0.29, 0.717) is 17.8 Å². The summed E-state index contributed by atoms with van der Waals surface area (Å²) in [6, 6.07) is 11.7. The Labute approximate surface area is 128 Å². The van der Waals surface area contributed by atoms with Gasteiger partial charge in [0, 0.05) is 12.2 Å². The molecular formula is C13H14N2O5S2.